The van der Waals surface area contributed by atoms with E-state index < -0.39 is 6.10 Å². The van der Waals surface area contributed by atoms with Crippen LogP contribution in [0.2, 0.25) is 0 Å². The van der Waals surface area contributed by atoms with Crippen molar-refractivity contribution in [2.45, 2.75) is 39.3 Å². The predicted molar refractivity (Wildman–Crippen MR) is 69.9 cm³/mol. The molecule has 1 aromatic heterocycles. The molecule has 1 amide bonds. The molecule has 0 spiro atoms. The topological polar surface area (TPSA) is 51.2 Å². The Balaban J connectivity index is 2.57. The smallest absolute Gasteiger partial charge is 0.260 e. The molecule has 0 fully saturated rings. The largest absolute Gasteiger partial charge is 0.478 e. The molecular weight excluding hydrogens is 284 g/mol. The summed E-state index contributed by atoms with van der Waals surface area (Å²) in [6.45, 7) is 5.70. The quantitative estimate of drug-likeness (QED) is 0.850. The average molecular weight is 301 g/mol. The van der Waals surface area contributed by atoms with Crippen LogP contribution in [0.15, 0.2) is 22.9 Å². The molecule has 0 aromatic carbocycles. The van der Waals surface area contributed by atoms with Crippen molar-refractivity contribution < 1.29 is 9.53 Å². The van der Waals surface area contributed by atoms with Crippen LogP contribution in [0.5, 0.6) is 5.75 Å². The SMILES string of the molecule is CCC(C)NC(=O)C(C)Oc1cccnc1Br. The summed E-state index contributed by atoms with van der Waals surface area (Å²) >= 11 is 3.27. The van der Waals surface area contributed by atoms with Crippen molar-refractivity contribution >= 4 is 21.8 Å². The van der Waals surface area contributed by atoms with Crippen molar-refractivity contribution in [3.8, 4) is 5.75 Å². The molecule has 17 heavy (non-hydrogen) atoms. The molecule has 1 heterocycles. The van der Waals surface area contributed by atoms with E-state index in [9.17, 15) is 4.79 Å². The van der Waals surface area contributed by atoms with Crippen LogP contribution < -0.4 is 10.1 Å². The lowest BCUT2D eigenvalue weighted by Gasteiger charge is -2.18. The number of pyridine rings is 1. The molecule has 1 rings (SSSR count). The number of aromatic nitrogens is 1. The van der Waals surface area contributed by atoms with E-state index in [-0.39, 0.29) is 11.9 Å². The summed E-state index contributed by atoms with van der Waals surface area (Å²) in [5, 5.41) is 2.87. The summed E-state index contributed by atoms with van der Waals surface area (Å²) in [5.41, 5.74) is 0. The second-order valence-corrected chi connectivity index (χ2v) is 4.62. The number of ether oxygens (including phenoxy) is 1. The van der Waals surface area contributed by atoms with Gasteiger partial charge in [0.15, 0.2) is 11.9 Å². The second kappa shape index (κ2) is 6.59. The van der Waals surface area contributed by atoms with Crippen molar-refractivity contribution in [1.82, 2.24) is 10.3 Å². The van der Waals surface area contributed by atoms with Gasteiger partial charge in [-0.2, -0.15) is 0 Å². The van der Waals surface area contributed by atoms with Gasteiger partial charge in [0.05, 0.1) is 0 Å². The number of nitrogens with zero attached hydrogens (tertiary/aromatic N) is 1. The molecule has 1 aromatic rings. The Bertz CT molecular complexity index is 385. The summed E-state index contributed by atoms with van der Waals surface area (Å²) in [6, 6.07) is 3.69. The second-order valence-electron chi connectivity index (χ2n) is 3.87. The minimum absolute atomic E-state index is 0.116. The number of amides is 1. The van der Waals surface area contributed by atoms with Gasteiger partial charge in [0.25, 0.3) is 5.91 Å². The van der Waals surface area contributed by atoms with Crippen LogP contribution in [0.25, 0.3) is 0 Å². The van der Waals surface area contributed by atoms with Crippen LogP contribution in [0.4, 0.5) is 0 Å². The summed E-state index contributed by atoms with van der Waals surface area (Å²) in [5.74, 6) is 0.453. The third-order valence-electron chi connectivity index (χ3n) is 2.40. The first-order valence-electron chi connectivity index (χ1n) is 5.62. The first-order valence-corrected chi connectivity index (χ1v) is 6.41. The van der Waals surface area contributed by atoms with Crippen LogP contribution in [-0.4, -0.2) is 23.0 Å². The predicted octanol–water partition coefficient (Wildman–Crippen LogP) is 2.53. The summed E-state index contributed by atoms with van der Waals surface area (Å²) in [6.07, 6.45) is 2.01. The Labute approximate surface area is 110 Å². The van der Waals surface area contributed by atoms with E-state index in [0.717, 1.165) is 6.42 Å². The van der Waals surface area contributed by atoms with Gasteiger partial charge < -0.3 is 10.1 Å². The highest BCUT2D eigenvalue weighted by atomic mass is 79.9. The molecule has 1 N–H and O–H groups in total. The van der Waals surface area contributed by atoms with Crippen LogP contribution >= 0.6 is 15.9 Å². The van der Waals surface area contributed by atoms with Crippen LogP contribution in [-0.2, 0) is 4.79 Å². The molecule has 0 saturated carbocycles. The Kier molecular flexibility index (Phi) is 5.41. The van der Waals surface area contributed by atoms with E-state index in [0.29, 0.717) is 10.4 Å². The van der Waals surface area contributed by atoms with Crippen molar-refractivity contribution in [2.24, 2.45) is 0 Å². The maximum Gasteiger partial charge on any atom is 0.260 e. The van der Waals surface area contributed by atoms with E-state index in [4.69, 9.17) is 4.74 Å². The van der Waals surface area contributed by atoms with Gasteiger partial charge in [-0.05, 0) is 48.3 Å². The molecule has 0 saturated heterocycles. The molecule has 0 aliphatic heterocycles. The maximum atomic E-state index is 11.8. The lowest BCUT2D eigenvalue weighted by atomic mass is 10.2. The normalized spacial score (nSPS) is 13.9. The number of hydrogen-bond donors (Lipinski definition) is 1. The highest BCUT2D eigenvalue weighted by Gasteiger charge is 2.17. The highest BCUT2D eigenvalue weighted by Crippen LogP contribution is 2.22. The molecule has 0 bridgehead atoms. The Morgan fingerprint density at radius 3 is 2.88 bits per heavy atom. The standard InChI is InChI=1S/C12H17BrN2O2/c1-4-8(2)15-12(16)9(3)17-10-6-5-7-14-11(10)13/h5-9H,4H2,1-3H3,(H,15,16). The summed E-state index contributed by atoms with van der Waals surface area (Å²) in [7, 11) is 0. The fourth-order valence-corrected chi connectivity index (χ4v) is 1.51. The number of hydrogen-bond acceptors (Lipinski definition) is 3. The number of carbonyl (C=O) groups excluding carboxylic acids is 1. The minimum Gasteiger partial charge on any atom is -0.478 e. The van der Waals surface area contributed by atoms with Crippen LogP contribution in [0, 0.1) is 0 Å². The van der Waals surface area contributed by atoms with E-state index in [1.54, 1.807) is 25.3 Å². The first-order chi connectivity index (χ1) is 8.04. The Morgan fingerprint density at radius 1 is 1.59 bits per heavy atom. The van der Waals surface area contributed by atoms with Gasteiger partial charge in [-0.25, -0.2) is 4.98 Å². The third kappa shape index (κ3) is 4.34. The molecule has 4 nitrogen and oxygen atoms in total. The Morgan fingerprint density at radius 2 is 2.29 bits per heavy atom. The zero-order valence-electron chi connectivity index (χ0n) is 10.2. The van der Waals surface area contributed by atoms with Gasteiger partial charge in [0.1, 0.15) is 4.60 Å². The van der Waals surface area contributed by atoms with Crippen molar-refractivity contribution in [3.63, 3.8) is 0 Å². The molecule has 2 atom stereocenters. The van der Waals surface area contributed by atoms with Gasteiger partial charge in [0.2, 0.25) is 0 Å². The lowest BCUT2D eigenvalue weighted by molar-refractivity contribution is -0.127. The van der Waals surface area contributed by atoms with Crippen LogP contribution in [0.3, 0.4) is 0 Å². The number of nitrogens with one attached hydrogen (secondary N) is 1. The number of rotatable bonds is 5. The average Bonchev–Trinajstić information content (AvgIpc) is 2.31. The molecule has 5 heteroatoms. The molecule has 0 radical (unpaired) electrons. The van der Waals surface area contributed by atoms with Gasteiger partial charge in [-0.15, -0.1) is 0 Å². The molecular formula is C12H17BrN2O2. The van der Waals surface area contributed by atoms with E-state index in [2.05, 4.69) is 26.2 Å². The Hall–Kier alpha value is -1.10. The lowest BCUT2D eigenvalue weighted by Crippen LogP contribution is -2.41. The van der Waals surface area contributed by atoms with Gasteiger partial charge in [0, 0.05) is 12.2 Å². The zero-order valence-corrected chi connectivity index (χ0v) is 11.8. The van der Waals surface area contributed by atoms with Crippen molar-refractivity contribution in [1.29, 1.82) is 0 Å². The zero-order chi connectivity index (χ0) is 12.8. The maximum absolute atomic E-state index is 11.8. The van der Waals surface area contributed by atoms with Gasteiger partial charge in [-0.1, -0.05) is 6.92 Å². The highest BCUT2D eigenvalue weighted by molar-refractivity contribution is 9.10. The fourth-order valence-electron chi connectivity index (χ4n) is 1.17. The summed E-state index contributed by atoms with van der Waals surface area (Å²) in [4.78, 5) is 15.8. The number of halogens is 1. The molecule has 0 aliphatic rings. The monoisotopic (exact) mass is 300 g/mol. The van der Waals surface area contributed by atoms with Gasteiger partial charge in [-0.3, -0.25) is 4.79 Å². The van der Waals surface area contributed by atoms with Gasteiger partial charge >= 0.3 is 0 Å². The molecule has 0 aliphatic carbocycles. The van der Waals surface area contributed by atoms with Crippen molar-refractivity contribution in [3.05, 3.63) is 22.9 Å². The van der Waals surface area contributed by atoms with Crippen LogP contribution in [0.1, 0.15) is 27.2 Å². The van der Waals surface area contributed by atoms with E-state index in [1.165, 1.54) is 0 Å². The fraction of sp³-hybridized carbons (Fsp3) is 0.500. The third-order valence-corrected chi connectivity index (χ3v) is 2.99. The first kappa shape index (κ1) is 14.0. The van der Waals surface area contributed by atoms with E-state index in [1.807, 2.05) is 13.8 Å². The summed E-state index contributed by atoms with van der Waals surface area (Å²) < 4.78 is 6.13. The van der Waals surface area contributed by atoms with E-state index >= 15 is 0 Å². The molecule has 94 valence electrons. The van der Waals surface area contributed by atoms with Crippen molar-refractivity contribution in [2.75, 3.05) is 0 Å². The molecule has 2 unspecified atom stereocenters. The number of carbonyl (C=O) groups is 1. The minimum atomic E-state index is -0.538.